The summed E-state index contributed by atoms with van der Waals surface area (Å²) in [6.07, 6.45) is 2.43. The van der Waals surface area contributed by atoms with Crippen LogP contribution in [-0.4, -0.2) is 54.1 Å². The standard InChI is InChI=1S/C27H29N3O5/c1-34-24-11-10-19(15-25(24)35-2)12-14-29-17-20(16-26(29)32)27(33)30(18-21-7-5-6-13-28-21)22-8-3-4-9-23(22)31/h3-11,13,15,20,31H,12,14,16-18H2,1-2H3. The van der Waals surface area contributed by atoms with Gasteiger partial charge in [-0.15, -0.1) is 0 Å². The average Bonchev–Trinajstić information content (AvgIpc) is 3.26. The number of aromatic nitrogens is 1. The van der Waals surface area contributed by atoms with Gasteiger partial charge >= 0.3 is 0 Å². The Morgan fingerprint density at radius 2 is 1.86 bits per heavy atom. The molecular formula is C27H29N3O5. The zero-order valence-electron chi connectivity index (χ0n) is 19.9. The van der Waals surface area contributed by atoms with Crippen LogP contribution < -0.4 is 14.4 Å². The molecule has 35 heavy (non-hydrogen) atoms. The summed E-state index contributed by atoms with van der Waals surface area (Å²) in [5.41, 5.74) is 2.11. The lowest BCUT2D eigenvalue weighted by Gasteiger charge is -2.26. The highest BCUT2D eigenvalue weighted by Crippen LogP contribution is 2.32. The summed E-state index contributed by atoms with van der Waals surface area (Å²) in [5, 5.41) is 10.4. The Morgan fingerprint density at radius 3 is 2.57 bits per heavy atom. The summed E-state index contributed by atoms with van der Waals surface area (Å²) in [5.74, 6) is 0.524. The SMILES string of the molecule is COc1ccc(CCN2CC(C(=O)N(Cc3ccccn3)c3ccccc3O)CC2=O)cc1OC. The van der Waals surface area contributed by atoms with Gasteiger partial charge in [-0.3, -0.25) is 14.6 Å². The number of carbonyl (C=O) groups excluding carboxylic acids is 2. The third-order valence-corrected chi connectivity index (χ3v) is 6.17. The number of nitrogens with zero attached hydrogens (tertiary/aromatic N) is 3. The van der Waals surface area contributed by atoms with Crippen LogP contribution in [0.3, 0.4) is 0 Å². The van der Waals surface area contributed by atoms with Crippen molar-refractivity contribution in [1.82, 2.24) is 9.88 Å². The van der Waals surface area contributed by atoms with Crippen molar-refractivity contribution in [3.63, 3.8) is 0 Å². The molecule has 1 fully saturated rings. The van der Waals surface area contributed by atoms with Crippen molar-refractivity contribution in [2.45, 2.75) is 19.4 Å². The molecule has 0 saturated carbocycles. The number of likely N-dealkylation sites (tertiary alicyclic amines) is 1. The molecule has 0 spiro atoms. The van der Waals surface area contributed by atoms with Gasteiger partial charge in [-0.25, -0.2) is 0 Å². The fourth-order valence-electron chi connectivity index (χ4n) is 4.30. The molecule has 8 nitrogen and oxygen atoms in total. The molecular weight excluding hydrogens is 446 g/mol. The average molecular weight is 476 g/mol. The van der Waals surface area contributed by atoms with Gasteiger partial charge in [0.1, 0.15) is 5.75 Å². The Morgan fingerprint density at radius 1 is 1.09 bits per heavy atom. The van der Waals surface area contributed by atoms with Crippen LogP contribution in [0.25, 0.3) is 0 Å². The van der Waals surface area contributed by atoms with Gasteiger partial charge in [-0.05, 0) is 48.4 Å². The largest absolute Gasteiger partial charge is 0.506 e. The van der Waals surface area contributed by atoms with Crippen LogP contribution in [0.15, 0.2) is 66.9 Å². The molecule has 2 aromatic carbocycles. The highest BCUT2D eigenvalue weighted by atomic mass is 16.5. The number of hydrogen-bond acceptors (Lipinski definition) is 6. The van der Waals surface area contributed by atoms with E-state index in [1.807, 2.05) is 36.4 Å². The van der Waals surface area contributed by atoms with E-state index < -0.39 is 5.92 Å². The van der Waals surface area contributed by atoms with E-state index in [-0.39, 0.29) is 30.5 Å². The number of amides is 2. The maximum absolute atomic E-state index is 13.6. The maximum Gasteiger partial charge on any atom is 0.232 e. The molecule has 182 valence electrons. The minimum absolute atomic E-state index is 0.00594. The van der Waals surface area contributed by atoms with Gasteiger partial charge in [-0.2, -0.15) is 0 Å². The number of phenols is 1. The van der Waals surface area contributed by atoms with E-state index >= 15 is 0 Å². The van der Waals surface area contributed by atoms with Crippen molar-refractivity contribution in [3.8, 4) is 17.2 Å². The van der Waals surface area contributed by atoms with Crippen molar-refractivity contribution in [1.29, 1.82) is 0 Å². The van der Waals surface area contributed by atoms with Crippen LogP contribution in [0.5, 0.6) is 17.2 Å². The summed E-state index contributed by atoms with van der Waals surface area (Å²) in [7, 11) is 3.17. The fraction of sp³-hybridized carbons (Fsp3) is 0.296. The van der Waals surface area contributed by atoms with E-state index in [4.69, 9.17) is 9.47 Å². The number of hydrogen-bond donors (Lipinski definition) is 1. The second kappa shape index (κ2) is 10.9. The van der Waals surface area contributed by atoms with Crippen molar-refractivity contribution in [2.24, 2.45) is 5.92 Å². The summed E-state index contributed by atoms with van der Waals surface area (Å²) in [6, 6.07) is 17.9. The summed E-state index contributed by atoms with van der Waals surface area (Å²) >= 11 is 0. The topological polar surface area (TPSA) is 92.2 Å². The minimum atomic E-state index is -0.503. The highest BCUT2D eigenvalue weighted by molar-refractivity contribution is 5.99. The number of anilines is 1. The molecule has 4 rings (SSSR count). The molecule has 0 bridgehead atoms. The van der Waals surface area contributed by atoms with Crippen molar-refractivity contribution < 1.29 is 24.2 Å². The van der Waals surface area contributed by atoms with Gasteiger partial charge in [0.25, 0.3) is 0 Å². The Labute approximate surface area is 204 Å². The van der Waals surface area contributed by atoms with Crippen LogP contribution >= 0.6 is 0 Å². The molecule has 3 aromatic rings. The second-order valence-electron chi connectivity index (χ2n) is 8.41. The molecule has 8 heteroatoms. The van der Waals surface area contributed by atoms with E-state index in [1.165, 1.54) is 4.90 Å². The number of rotatable bonds is 9. The second-order valence-corrected chi connectivity index (χ2v) is 8.41. The molecule has 1 aromatic heterocycles. The van der Waals surface area contributed by atoms with E-state index in [2.05, 4.69) is 4.98 Å². The Balaban J connectivity index is 1.47. The number of ether oxygens (including phenoxy) is 2. The number of carbonyl (C=O) groups is 2. The zero-order chi connectivity index (χ0) is 24.8. The van der Waals surface area contributed by atoms with Crippen LogP contribution in [0.4, 0.5) is 5.69 Å². The lowest BCUT2D eigenvalue weighted by atomic mass is 10.1. The molecule has 1 aliphatic heterocycles. The maximum atomic E-state index is 13.6. The van der Waals surface area contributed by atoms with Gasteiger partial charge in [0.15, 0.2) is 11.5 Å². The molecule has 0 radical (unpaired) electrons. The number of phenolic OH excluding ortho intramolecular Hbond substituents is 1. The Bertz CT molecular complexity index is 1180. The van der Waals surface area contributed by atoms with Crippen LogP contribution in [-0.2, 0) is 22.6 Å². The molecule has 1 atom stereocenters. The Hall–Kier alpha value is -4.07. The Kier molecular flexibility index (Phi) is 7.50. The van der Waals surface area contributed by atoms with Crippen LogP contribution in [0.1, 0.15) is 17.7 Å². The quantitative estimate of drug-likeness (QED) is 0.510. The molecule has 2 heterocycles. The zero-order valence-corrected chi connectivity index (χ0v) is 19.9. The smallest absolute Gasteiger partial charge is 0.232 e. The van der Waals surface area contributed by atoms with Gasteiger partial charge in [0.05, 0.1) is 38.1 Å². The first-order chi connectivity index (χ1) is 17.0. The molecule has 1 unspecified atom stereocenters. The van der Waals surface area contributed by atoms with Crippen molar-refractivity contribution >= 4 is 17.5 Å². The van der Waals surface area contributed by atoms with E-state index in [9.17, 15) is 14.7 Å². The van der Waals surface area contributed by atoms with E-state index in [0.717, 1.165) is 5.56 Å². The fourth-order valence-corrected chi connectivity index (χ4v) is 4.30. The number of pyridine rings is 1. The summed E-state index contributed by atoms with van der Waals surface area (Å²) < 4.78 is 10.6. The summed E-state index contributed by atoms with van der Waals surface area (Å²) in [6.45, 7) is 1.03. The predicted molar refractivity (Wildman–Crippen MR) is 131 cm³/mol. The molecule has 1 N–H and O–H groups in total. The highest BCUT2D eigenvalue weighted by Gasteiger charge is 2.37. The van der Waals surface area contributed by atoms with Gasteiger partial charge in [-0.1, -0.05) is 24.3 Å². The predicted octanol–water partition coefficient (Wildman–Crippen LogP) is 3.43. The lowest BCUT2D eigenvalue weighted by molar-refractivity contribution is -0.128. The number of benzene rings is 2. The van der Waals surface area contributed by atoms with Crippen LogP contribution in [0, 0.1) is 5.92 Å². The lowest BCUT2D eigenvalue weighted by Crippen LogP contribution is -2.37. The van der Waals surface area contributed by atoms with Crippen molar-refractivity contribution in [3.05, 3.63) is 78.1 Å². The van der Waals surface area contributed by atoms with Gasteiger partial charge < -0.3 is 24.4 Å². The first-order valence-electron chi connectivity index (χ1n) is 11.5. The first-order valence-corrected chi connectivity index (χ1v) is 11.5. The number of aromatic hydroxyl groups is 1. The van der Waals surface area contributed by atoms with Crippen molar-refractivity contribution in [2.75, 3.05) is 32.2 Å². The monoisotopic (exact) mass is 475 g/mol. The third-order valence-electron chi connectivity index (χ3n) is 6.17. The van der Waals surface area contributed by atoms with Crippen LogP contribution in [0.2, 0.25) is 0 Å². The third kappa shape index (κ3) is 5.54. The van der Waals surface area contributed by atoms with Gasteiger partial charge in [0.2, 0.25) is 11.8 Å². The van der Waals surface area contributed by atoms with E-state index in [0.29, 0.717) is 42.4 Å². The molecule has 0 aliphatic carbocycles. The normalized spacial score (nSPS) is 15.2. The molecule has 1 saturated heterocycles. The minimum Gasteiger partial charge on any atom is -0.506 e. The summed E-state index contributed by atoms with van der Waals surface area (Å²) in [4.78, 5) is 33.9. The van der Waals surface area contributed by atoms with E-state index in [1.54, 1.807) is 49.6 Å². The molecule has 2 amide bonds. The number of methoxy groups -OCH3 is 2. The molecule has 1 aliphatic rings. The van der Waals surface area contributed by atoms with Gasteiger partial charge in [0, 0.05) is 25.7 Å². The first kappa shape index (κ1) is 24.1. The number of para-hydroxylation sites is 2.